The minimum atomic E-state index is -4.06. The van der Waals surface area contributed by atoms with Crippen molar-refractivity contribution in [2.45, 2.75) is 37.1 Å². The maximum absolute atomic E-state index is 12.3. The molecule has 1 fully saturated rings. The van der Waals surface area contributed by atoms with E-state index in [-0.39, 0.29) is 18.1 Å². The van der Waals surface area contributed by atoms with Crippen LogP contribution in [0.1, 0.15) is 25.7 Å². The van der Waals surface area contributed by atoms with Crippen LogP contribution in [0.3, 0.4) is 0 Å². The molecule has 1 aliphatic carbocycles. The van der Waals surface area contributed by atoms with Crippen molar-refractivity contribution in [2.24, 2.45) is 5.92 Å². The monoisotopic (exact) mass is 246 g/mol. The second kappa shape index (κ2) is 5.93. The topological polar surface area (TPSA) is 27.7 Å². The third-order valence-corrected chi connectivity index (χ3v) is 3.29. The smallest absolute Gasteiger partial charge is 0.209 e. The van der Waals surface area contributed by atoms with Gasteiger partial charge in [-0.25, -0.2) is 4.89 Å². The first-order valence-electron chi connectivity index (χ1n) is 4.63. The Morgan fingerprint density at radius 1 is 1.13 bits per heavy atom. The first-order valence-corrected chi connectivity index (χ1v) is 5.44. The fraction of sp³-hybridized carbons (Fsp3) is 1.00. The summed E-state index contributed by atoms with van der Waals surface area (Å²) in [6.07, 6.45) is -2.75. The van der Waals surface area contributed by atoms with Gasteiger partial charge < -0.3 is 0 Å². The number of hydrogen-bond acceptors (Lipinski definition) is 4. The van der Waals surface area contributed by atoms with Crippen molar-refractivity contribution in [1.82, 2.24) is 0 Å². The lowest BCUT2D eigenvalue weighted by molar-refractivity contribution is -0.447. The van der Waals surface area contributed by atoms with Crippen LogP contribution in [-0.2, 0) is 14.3 Å². The van der Waals surface area contributed by atoms with E-state index in [2.05, 4.69) is 14.3 Å². The highest BCUT2D eigenvalue weighted by molar-refractivity contribution is 7.95. The van der Waals surface area contributed by atoms with Gasteiger partial charge in [0.1, 0.15) is 0 Å². The van der Waals surface area contributed by atoms with Gasteiger partial charge in [-0.15, -0.1) is 4.33 Å². The lowest BCUT2D eigenvalue weighted by atomic mass is 9.88. The van der Waals surface area contributed by atoms with Crippen LogP contribution in [0.5, 0.6) is 0 Å². The number of alkyl halides is 3. The van der Waals surface area contributed by atoms with Crippen molar-refractivity contribution >= 4 is 12.0 Å². The summed E-state index contributed by atoms with van der Waals surface area (Å²) in [5.41, 5.74) is 0. The van der Waals surface area contributed by atoms with Crippen molar-refractivity contribution in [2.75, 3.05) is 7.11 Å². The minimum absolute atomic E-state index is 0.0544. The van der Waals surface area contributed by atoms with Gasteiger partial charge in [0.05, 0.1) is 13.0 Å². The molecule has 1 aliphatic rings. The van der Waals surface area contributed by atoms with Crippen molar-refractivity contribution in [1.29, 1.82) is 0 Å². The average molecular weight is 246 g/mol. The largest absolute Gasteiger partial charge is 0.391 e. The number of rotatable bonds is 4. The van der Waals surface area contributed by atoms with Gasteiger partial charge >= 0.3 is 6.18 Å². The van der Waals surface area contributed by atoms with Gasteiger partial charge in [0.15, 0.2) is 0 Å². The molecule has 3 nitrogen and oxygen atoms in total. The first-order chi connectivity index (χ1) is 7.04. The molecule has 15 heavy (non-hydrogen) atoms. The van der Waals surface area contributed by atoms with Crippen LogP contribution < -0.4 is 0 Å². The zero-order valence-electron chi connectivity index (χ0n) is 8.25. The summed E-state index contributed by atoms with van der Waals surface area (Å²) in [6.45, 7) is 0. The van der Waals surface area contributed by atoms with Crippen LogP contribution in [0.25, 0.3) is 0 Å². The molecule has 0 bridgehead atoms. The highest BCUT2D eigenvalue weighted by atomic mass is 32.2. The molecule has 0 aromatic carbocycles. The van der Waals surface area contributed by atoms with Crippen molar-refractivity contribution in [3.63, 3.8) is 0 Å². The normalized spacial score (nSPS) is 28.0. The highest BCUT2D eigenvalue weighted by Gasteiger charge is 2.41. The van der Waals surface area contributed by atoms with Crippen LogP contribution in [0.4, 0.5) is 13.2 Å². The molecule has 1 saturated carbocycles. The summed E-state index contributed by atoms with van der Waals surface area (Å²) >= 11 is 1.02. The molecule has 7 heteroatoms. The van der Waals surface area contributed by atoms with E-state index in [9.17, 15) is 13.2 Å². The van der Waals surface area contributed by atoms with Gasteiger partial charge in [-0.2, -0.15) is 13.2 Å². The van der Waals surface area contributed by atoms with Gasteiger partial charge in [-0.3, -0.25) is 0 Å². The lowest BCUT2D eigenvalue weighted by Crippen LogP contribution is -2.28. The molecule has 0 unspecified atom stereocenters. The van der Waals surface area contributed by atoms with Gasteiger partial charge in [-0.1, -0.05) is 5.04 Å². The van der Waals surface area contributed by atoms with Crippen LogP contribution in [0, 0.1) is 5.92 Å². The zero-order valence-corrected chi connectivity index (χ0v) is 9.07. The predicted molar refractivity (Wildman–Crippen MR) is 48.6 cm³/mol. The second-order valence-corrected chi connectivity index (χ2v) is 4.41. The standard InChI is InChI=1S/C8H13F3O3S/c1-12-13-14-15-7-4-2-6(3-5-7)8(9,10)11/h6-7H,2-5H2,1H3. The fourth-order valence-electron chi connectivity index (χ4n) is 1.59. The van der Waals surface area contributed by atoms with Gasteiger partial charge in [0.2, 0.25) is 0 Å². The van der Waals surface area contributed by atoms with Crippen molar-refractivity contribution < 1.29 is 27.4 Å². The van der Waals surface area contributed by atoms with Crippen LogP contribution in [0.15, 0.2) is 0 Å². The first kappa shape index (κ1) is 13.1. The molecular formula is C8H13F3O3S. The summed E-state index contributed by atoms with van der Waals surface area (Å²) in [7, 11) is 1.29. The molecule has 0 amide bonds. The van der Waals surface area contributed by atoms with Crippen molar-refractivity contribution in [3.05, 3.63) is 0 Å². The van der Waals surface area contributed by atoms with E-state index >= 15 is 0 Å². The Labute approximate surface area is 90.3 Å². The second-order valence-electron chi connectivity index (χ2n) is 3.41. The minimum Gasteiger partial charge on any atom is -0.209 e. The van der Waals surface area contributed by atoms with E-state index in [1.807, 2.05) is 0 Å². The van der Waals surface area contributed by atoms with E-state index in [0.717, 1.165) is 12.0 Å². The highest BCUT2D eigenvalue weighted by Crippen LogP contribution is 2.40. The molecule has 1 rings (SSSR count). The predicted octanol–water partition coefficient (Wildman–Crippen LogP) is 3.27. The molecule has 0 saturated heterocycles. The van der Waals surface area contributed by atoms with E-state index < -0.39 is 12.1 Å². The Balaban J connectivity index is 2.18. The molecule has 0 aromatic rings. The molecule has 0 atom stereocenters. The maximum Gasteiger partial charge on any atom is 0.391 e. The van der Waals surface area contributed by atoms with E-state index in [4.69, 9.17) is 0 Å². The van der Waals surface area contributed by atoms with Gasteiger partial charge in [-0.05, 0) is 25.7 Å². The average Bonchev–Trinajstić information content (AvgIpc) is 2.18. The Morgan fingerprint density at radius 2 is 1.73 bits per heavy atom. The Bertz CT molecular complexity index is 180. The Morgan fingerprint density at radius 3 is 2.20 bits per heavy atom. The summed E-state index contributed by atoms with van der Waals surface area (Å²) in [5, 5.41) is 4.23. The number of hydrogen-bond donors (Lipinski definition) is 0. The van der Waals surface area contributed by atoms with Crippen LogP contribution in [0.2, 0.25) is 0 Å². The van der Waals surface area contributed by atoms with Gasteiger partial charge in [0, 0.05) is 17.3 Å². The maximum atomic E-state index is 12.3. The molecule has 0 heterocycles. The van der Waals surface area contributed by atoms with Crippen LogP contribution >= 0.6 is 12.0 Å². The summed E-state index contributed by atoms with van der Waals surface area (Å²) < 4.78 is 41.4. The summed E-state index contributed by atoms with van der Waals surface area (Å²) in [6, 6.07) is 0. The third-order valence-electron chi connectivity index (χ3n) is 2.41. The third kappa shape index (κ3) is 4.58. The molecule has 0 spiro atoms. The molecule has 0 N–H and O–H groups in total. The Hall–Kier alpha value is 0.0200. The quantitative estimate of drug-likeness (QED) is 0.329. The summed E-state index contributed by atoms with van der Waals surface area (Å²) in [5.74, 6) is -1.15. The molecule has 0 aliphatic heterocycles. The molecular weight excluding hydrogens is 233 g/mol. The van der Waals surface area contributed by atoms with Crippen LogP contribution in [-0.4, -0.2) is 18.5 Å². The Kier molecular flexibility index (Phi) is 5.17. The fourth-order valence-corrected chi connectivity index (χ4v) is 2.25. The zero-order chi connectivity index (χ0) is 11.3. The molecule has 90 valence electrons. The summed E-state index contributed by atoms with van der Waals surface area (Å²) in [4.78, 5) is 4.19. The molecule has 0 aromatic heterocycles. The lowest BCUT2D eigenvalue weighted by Gasteiger charge is -2.28. The van der Waals surface area contributed by atoms with E-state index in [1.54, 1.807) is 0 Å². The van der Waals surface area contributed by atoms with E-state index in [0.29, 0.717) is 12.8 Å². The van der Waals surface area contributed by atoms with Gasteiger partial charge in [0.25, 0.3) is 0 Å². The van der Waals surface area contributed by atoms with E-state index in [1.165, 1.54) is 7.11 Å². The SMILES string of the molecule is COOOSC1CCC(C(F)(F)F)CC1. The molecule has 0 radical (unpaired) electrons. The number of halogens is 3. The van der Waals surface area contributed by atoms with Crippen molar-refractivity contribution in [3.8, 4) is 0 Å².